The standard InChI is InChI=1S/C16H29NO2/c18-16(7-6-14-4-2-1-3-5-14)17-11-8-15-9-12-19-13-10-15/h14-15H,1-13H2,(H,17,18). The molecule has 110 valence electrons. The Morgan fingerprint density at radius 2 is 1.63 bits per heavy atom. The molecule has 2 fully saturated rings. The van der Waals surface area contributed by atoms with Gasteiger partial charge in [0.25, 0.3) is 0 Å². The summed E-state index contributed by atoms with van der Waals surface area (Å²) < 4.78 is 5.35. The van der Waals surface area contributed by atoms with Crippen LogP contribution in [0.5, 0.6) is 0 Å². The first kappa shape index (κ1) is 14.8. The maximum absolute atomic E-state index is 11.8. The minimum Gasteiger partial charge on any atom is -0.381 e. The summed E-state index contributed by atoms with van der Waals surface area (Å²) in [5.74, 6) is 1.83. The highest BCUT2D eigenvalue weighted by molar-refractivity contribution is 5.75. The number of amides is 1. The van der Waals surface area contributed by atoms with Crippen molar-refractivity contribution in [3.8, 4) is 0 Å². The summed E-state index contributed by atoms with van der Waals surface area (Å²) in [4.78, 5) is 11.8. The maximum Gasteiger partial charge on any atom is 0.220 e. The van der Waals surface area contributed by atoms with Gasteiger partial charge in [-0.2, -0.15) is 0 Å². The number of rotatable bonds is 6. The van der Waals surface area contributed by atoms with Crippen LogP contribution in [0.15, 0.2) is 0 Å². The third-order valence-corrected chi connectivity index (χ3v) is 4.72. The lowest BCUT2D eigenvalue weighted by atomic mass is 9.86. The molecule has 0 atom stereocenters. The van der Waals surface area contributed by atoms with Crippen molar-refractivity contribution in [2.75, 3.05) is 19.8 Å². The van der Waals surface area contributed by atoms with Gasteiger partial charge in [-0.1, -0.05) is 32.1 Å². The first-order valence-corrected chi connectivity index (χ1v) is 8.19. The van der Waals surface area contributed by atoms with Crippen molar-refractivity contribution in [2.24, 2.45) is 11.8 Å². The van der Waals surface area contributed by atoms with Gasteiger partial charge in [0.2, 0.25) is 5.91 Å². The Bertz CT molecular complexity index is 255. The molecule has 1 saturated heterocycles. The van der Waals surface area contributed by atoms with Crippen LogP contribution < -0.4 is 5.32 Å². The second-order valence-corrected chi connectivity index (χ2v) is 6.24. The van der Waals surface area contributed by atoms with Gasteiger partial charge in [-0.3, -0.25) is 4.79 Å². The molecule has 2 aliphatic rings. The predicted molar refractivity (Wildman–Crippen MR) is 77.0 cm³/mol. The molecule has 19 heavy (non-hydrogen) atoms. The molecule has 1 heterocycles. The van der Waals surface area contributed by atoms with Gasteiger partial charge in [0, 0.05) is 26.2 Å². The van der Waals surface area contributed by atoms with Crippen LogP contribution >= 0.6 is 0 Å². The third kappa shape index (κ3) is 5.94. The number of nitrogens with one attached hydrogen (secondary N) is 1. The van der Waals surface area contributed by atoms with Crippen LogP contribution in [0.25, 0.3) is 0 Å². The molecule has 0 aromatic carbocycles. The molecular formula is C16H29NO2. The number of hydrogen-bond acceptors (Lipinski definition) is 2. The van der Waals surface area contributed by atoms with Crippen molar-refractivity contribution in [2.45, 2.75) is 64.2 Å². The summed E-state index contributed by atoms with van der Waals surface area (Å²) in [6.45, 7) is 2.66. The Morgan fingerprint density at radius 1 is 0.947 bits per heavy atom. The molecule has 1 aliphatic heterocycles. The van der Waals surface area contributed by atoms with Gasteiger partial charge in [-0.25, -0.2) is 0 Å². The summed E-state index contributed by atoms with van der Waals surface area (Å²) in [5.41, 5.74) is 0. The molecule has 1 amide bonds. The van der Waals surface area contributed by atoms with E-state index in [0.717, 1.165) is 63.7 Å². The largest absolute Gasteiger partial charge is 0.381 e. The predicted octanol–water partition coefficient (Wildman–Crippen LogP) is 3.28. The monoisotopic (exact) mass is 267 g/mol. The molecule has 1 N–H and O–H groups in total. The minimum absolute atomic E-state index is 0.262. The lowest BCUT2D eigenvalue weighted by Crippen LogP contribution is -2.27. The minimum atomic E-state index is 0.262. The van der Waals surface area contributed by atoms with E-state index in [-0.39, 0.29) is 5.91 Å². The number of hydrogen-bond donors (Lipinski definition) is 1. The molecule has 0 aromatic rings. The Balaban J connectivity index is 1.49. The van der Waals surface area contributed by atoms with E-state index >= 15 is 0 Å². The van der Waals surface area contributed by atoms with Crippen molar-refractivity contribution in [3.05, 3.63) is 0 Å². The van der Waals surface area contributed by atoms with E-state index in [9.17, 15) is 4.79 Å². The highest BCUT2D eigenvalue weighted by Crippen LogP contribution is 2.27. The van der Waals surface area contributed by atoms with Crippen LogP contribution in [0, 0.1) is 11.8 Å². The summed E-state index contributed by atoms with van der Waals surface area (Å²) >= 11 is 0. The average molecular weight is 267 g/mol. The summed E-state index contributed by atoms with van der Waals surface area (Å²) in [5, 5.41) is 3.09. The Morgan fingerprint density at radius 3 is 2.37 bits per heavy atom. The fourth-order valence-electron chi connectivity index (χ4n) is 3.35. The van der Waals surface area contributed by atoms with E-state index in [4.69, 9.17) is 4.74 Å². The van der Waals surface area contributed by atoms with Gasteiger partial charge in [0.15, 0.2) is 0 Å². The zero-order valence-corrected chi connectivity index (χ0v) is 12.2. The summed E-state index contributed by atoms with van der Waals surface area (Å²) in [6, 6.07) is 0. The molecule has 0 spiro atoms. The first-order chi connectivity index (χ1) is 9.34. The molecule has 0 bridgehead atoms. The smallest absolute Gasteiger partial charge is 0.220 e. The molecule has 2 rings (SSSR count). The van der Waals surface area contributed by atoms with E-state index < -0.39 is 0 Å². The van der Waals surface area contributed by atoms with E-state index in [2.05, 4.69) is 5.32 Å². The zero-order chi connectivity index (χ0) is 13.3. The van der Waals surface area contributed by atoms with Crippen LogP contribution in [0.1, 0.15) is 64.2 Å². The van der Waals surface area contributed by atoms with Gasteiger partial charge >= 0.3 is 0 Å². The first-order valence-electron chi connectivity index (χ1n) is 8.19. The topological polar surface area (TPSA) is 38.3 Å². The molecule has 3 nitrogen and oxygen atoms in total. The molecule has 1 saturated carbocycles. The van der Waals surface area contributed by atoms with Gasteiger partial charge in [-0.15, -0.1) is 0 Å². The molecule has 0 aromatic heterocycles. The molecular weight excluding hydrogens is 238 g/mol. The van der Waals surface area contributed by atoms with Gasteiger partial charge in [-0.05, 0) is 37.5 Å². The molecule has 3 heteroatoms. The van der Waals surface area contributed by atoms with Crippen molar-refractivity contribution < 1.29 is 9.53 Å². The van der Waals surface area contributed by atoms with E-state index in [0.29, 0.717) is 0 Å². The molecule has 0 unspecified atom stereocenters. The third-order valence-electron chi connectivity index (χ3n) is 4.72. The van der Waals surface area contributed by atoms with Crippen molar-refractivity contribution in [1.29, 1.82) is 0 Å². The Hall–Kier alpha value is -0.570. The maximum atomic E-state index is 11.8. The highest BCUT2D eigenvalue weighted by atomic mass is 16.5. The van der Waals surface area contributed by atoms with Crippen LogP contribution in [-0.4, -0.2) is 25.7 Å². The quantitative estimate of drug-likeness (QED) is 0.802. The van der Waals surface area contributed by atoms with Gasteiger partial charge < -0.3 is 10.1 Å². The number of carbonyl (C=O) groups is 1. The van der Waals surface area contributed by atoms with Crippen LogP contribution in [0.2, 0.25) is 0 Å². The van der Waals surface area contributed by atoms with E-state index in [1.807, 2.05) is 0 Å². The highest BCUT2D eigenvalue weighted by Gasteiger charge is 2.16. The van der Waals surface area contributed by atoms with Gasteiger partial charge in [0.1, 0.15) is 0 Å². The van der Waals surface area contributed by atoms with Crippen molar-refractivity contribution >= 4 is 5.91 Å². The zero-order valence-electron chi connectivity index (χ0n) is 12.2. The fourth-order valence-corrected chi connectivity index (χ4v) is 3.35. The lowest BCUT2D eigenvalue weighted by Gasteiger charge is -2.22. The Labute approximate surface area is 117 Å². The molecule has 0 radical (unpaired) electrons. The van der Waals surface area contributed by atoms with Crippen LogP contribution in [0.4, 0.5) is 0 Å². The van der Waals surface area contributed by atoms with Crippen LogP contribution in [-0.2, 0) is 9.53 Å². The normalized spacial score (nSPS) is 22.3. The second kappa shape index (κ2) is 8.57. The van der Waals surface area contributed by atoms with Crippen molar-refractivity contribution in [3.63, 3.8) is 0 Å². The van der Waals surface area contributed by atoms with E-state index in [1.54, 1.807) is 0 Å². The number of carbonyl (C=O) groups excluding carboxylic acids is 1. The summed E-state index contributed by atoms with van der Waals surface area (Å²) in [6.07, 6.45) is 12.1. The van der Waals surface area contributed by atoms with E-state index in [1.165, 1.54) is 32.1 Å². The van der Waals surface area contributed by atoms with Gasteiger partial charge in [0.05, 0.1) is 0 Å². The van der Waals surface area contributed by atoms with Crippen molar-refractivity contribution in [1.82, 2.24) is 5.32 Å². The Kier molecular flexibility index (Phi) is 6.69. The lowest BCUT2D eigenvalue weighted by molar-refractivity contribution is -0.121. The SMILES string of the molecule is O=C(CCC1CCCCC1)NCCC1CCOCC1. The fraction of sp³-hybridized carbons (Fsp3) is 0.938. The average Bonchev–Trinajstić information content (AvgIpc) is 2.47. The summed E-state index contributed by atoms with van der Waals surface area (Å²) in [7, 11) is 0. The molecule has 1 aliphatic carbocycles. The number of ether oxygens (including phenoxy) is 1. The van der Waals surface area contributed by atoms with Crippen LogP contribution in [0.3, 0.4) is 0 Å². The second-order valence-electron chi connectivity index (χ2n) is 6.24.